The van der Waals surface area contributed by atoms with Crippen LogP contribution < -0.4 is 14.8 Å². The third kappa shape index (κ3) is 5.85. The molecule has 0 fully saturated rings. The molecule has 0 spiro atoms. The highest BCUT2D eigenvalue weighted by atomic mass is 35.5. The molecule has 0 aliphatic carbocycles. The molecule has 0 aromatic heterocycles. The van der Waals surface area contributed by atoms with Gasteiger partial charge in [-0.25, -0.2) is 0 Å². The first-order valence-electron chi connectivity index (χ1n) is 8.68. The molecule has 1 aliphatic heterocycles. The van der Waals surface area contributed by atoms with E-state index in [4.69, 9.17) is 21.1 Å². The summed E-state index contributed by atoms with van der Waals surface area (Å²) >= 11 is 7.75. The number of rotatable bonds is 8. The average Bonchev–Trinajstić information content (AvgIpc) is 2.66. The van der Waals surface area contributed by atoms with Crippen molar-refractivity contribution in [2.45, 2.75) is 18.6 Å². The van der Waals surface area contributed by atoms with E-state index in [1.54, 1.807) is 11.8 Å². The third-order valence-electron chi connectivity index (χ3n) is 3.97. The van der Waals surface area contributed by atoms with Gasteiger partial charge in [0.25, 0.3) is 0 Å². The highest BCUT2D eigenvalue weighted by molar-refractivity contribution is 7.98. The summed E-state index contributed by atoms with van der Waals surface area (Å²) in [4.78, 5) is 12.0. The van der Waals surface area contributed by atoms with Gasteiger partial charge in [0.15, 0.2) is 11.5 Å². The summed E-state index contributed by atoms with van der Waals surface area (Å²) in [6, 6.07) is 13.7. The predicted molar refractivity (Wildman–Crippen MR) is 106 cm³/mol. The quantitative estimate of drug-likeness (QED) is 0.688. The first kappa shape index (κ1) is 18.9. The Kier molecular flexibility index (Phi) is 7.09. The van der Waals surface area contributed by atoms with Crippen molar-refractivity contribution in [1.29, 1.82) is 0 Å². The molecule has 3 rings (SSSR count). The first-order valence-corrected chi connectivity index (χ1v) is 10.2. The number of benzene rings is 2. The minimum atomic E-state index is 0.0724. The van der Waals surface area contributed by atoms with Gasteiger partial charge >= 0.3 is 0 Å². The summed E-state index contributed by atoms with van der Waals surface area (Å²) in [7, 11) is 0. The van der Waals surface area contributed by atoms with E-state index in [0.29, 0.717) is 32.6 Å². The highest BCUT2D eigenvalue weighted by Crippen LogP contribution is 2.31. The summed E-state index contributed by atoms with van der Waals surface area (Å²) < 4.78 is 11.1. The number of nitrogens with one attached hydrogen (secondary N) is 1. The molecular formula is C20H22ClNO3S. The van der Waals surface area contributed by atoms with Gasteiger partial charge in [0.2, 0.25) is 5.91 Å². The van der Waals surface area contributed by atoms with Crippen LogP contribution in [0.4, 0.5) is 0 Å². The molecule has 0 bridgehead atoms. The second kappa shape index (κ2) is 9.74. The molecule has 4 nitrogen and oxygen atoms in total. The SMILES string of the molecule is O=C(CCc1ccc2c(c1)OCCO2)NCCSCc1cccc(Cl)c1. The lowest BCUT2D eigenvalue weighted by Gasteiger charge is -2.18. The van der Waals surface area contributed by atoms with E-state index in [1.165, 1.54) is 5.56 Å². The number of thioether (sulfide) groups is 1. The van der Waals surface area contributed by atoms with Crippen LogP contribution in [0.15, 0.2) is 42.5 Å². The number of hydrogen-bond acceptors (Lipinski definition) is 4. The van der Waals surface area contributed by atoms with Gasteiger partial charge in [-0.15, -0.1) is 0 Å². The van der Waals surface area contributed by atoms with Gasteiger partial charge in [0.1, 0.15) is 13.2 Å². The molecule has 1 amide bonds. The zero-order valence-electron chi connectivity index (χ0n) is 14.5. The molecule has 138 valence electrons. The lowest BCUT2D eigenvalue weighted by molar-refractivity contribution is -0.120. The van der Waals surface area contributed by atoms with Crippen LogP contribution in [0.3, 0.4) is 0 Å². The zero-order chi connectivity index (χ0) is 18.2. The Hall–Kier alpha value is -1.85. The molecule has 0 atom stereocenters. The molecule has 0 radical (unpaired) electrons. The number of aryl methyl sites for hydroxylation is 1. The molecular weight excluding hydrogens is 370 g/mol. The zero-order valence-corrected chi connectivity index (χ0v) is 16.1. The van der Waals surface area contributed by atoms with Crippen molar-refractivity contribution in [3.05, 3.63) is 58.6 Å². The Morgan fingerprint density at radius 3 is 2.77 bits per heavy atom. The number of amides is 1. The molecule has 0 saturated heterocycles. The summed E-state index contributed by atoms with van der Waals surface area (Å²) in [6.07, 6.45) is 1.16. The number of carbonyl (C=O) groups is 1. The maximum atomic E-state index is 12.0. The fourth-order valence-electron chi connectivity index (χ4n) is 2.67. The lowest BCUT2D eigenvalue weighted by atomic mass is 10.1. The van der Waals surface area contributed by atoms with Crippen LogP contribution >= 0.6 is 23.4 Å². The molecule has 6 heteroatoms. The maximum Gasteiger partial charge on any atom is 0.220 e. The summed E-state index contributed by atoms with van der Waals surface area (Å²) in [5, 5.41) is 3.73. The van der Waals surface area contributed by atoms with Crippen molar-refractivity contribution in [3.63, 3.8) is 0 Å². The lowest BCUT2D eigenvalue weighted by Crippen LogP contribution is -2.26. The van der Waals surface area contributed by atoms with Crippen LogP contribution in [0.5, 0.6) is 11.5 Å². The summed E-state index contributed by atoms with van der Waals surface area (Å²) in [5.74, 6) is 3.40. The molecule has 2 aromatic rings. The molecule has 0 unspecified atom stereocenters. The predicted octanol–water partition coefficient (Wildman–Crippen LogP) is 4.09. The van der Waals surface area contributed by atoms with E-state index in [2.05, 4.69) is 11.4 Å². The Labute approximate surface area is 163 Å². The van der Waals surface area contributed by atoms with Crippen LogP contribution in [0.1, 0.15) is 17.5 Å². The van der Waals surface area contributed by atoms with Gasteiger partial charge in [-0.05, 0) is 41.8 Å². The summed E-state index contributed by atoms with van der Waals surface area (Å²) in [5.41, 5.74) is 2.28. The molecule has 26 heavy (non-hydrogen) atoms. The second-order valence-corrected chi connectivity index (χ2v) is 7.55. The number of hydrogen-bond donors (Lipinski definition) is 1. The largest absolute Gasteiger partial charge is 0.486 e. The van der Waals surface area contributed by atoms with Crippen LogP contribution in [-0.4, -0.2) is 31.4 Å². The topological polar surface area (TPSA) is 47.6 Å². The van der Waals surface area contributed by atoms with E-state index in [0.717, 1.165) is 33.6 Å². The van der Waals surface area contributed by atoms with Crippen LogP contribution in [0.2, 0.25) is 5.02 Å². The molecule has 1 N–H and O–H groups in total. The average molecular weight is 392 g/mol. The third-order valence-corrected chi connectivity index (χ3v) is 5.24. The standard InChI is InChI=1S/C20H22ClNO3S/c21-17-3-1-2-16(12-17)14-26-11-8-22-20(23)7-5-15-4-6-18-19(13-15)25-10-9-24-18/h1-4,6,12-13H,5,7-11,14H2,(H,22,23). The fourth-order valence-corrected chi connectivity index (χ4v) is 3.69. The van der Waals surface area contributed by atoms with E-state index < -0.39 is 0 Å². The van der Waals surface area contributed by atoms with Crippen molar-refractivity contribution in [1.82, 2.24) is 5.32 Å². The van der Waals surface area contributed by atoms with Gasteiger partial charge < -0.3 is 14.8 Å². The second-order valence-electron chi connectivity index (χ2n) is 6.01. The van der Waals surface area contributed by atoms with Crippen LogP contribution in [0, 0.1) is 0 Å². The number of halogens is 1. The highest BCUT2D eigenvalue weighted by Gasteiger charge is 2.12. The van der Waals surface area contributed by atoms with Gasteiger partial charge in [0.05, 0.1) is 0 Å². The van der Waals surface area contributed by atoms with Crippen molar-refractivity contribution < 1.29 is 14.3 Å². The normalized spacial score (nSPS) is 12.7. The van der Waals surface area contributed by atoms with E-state index in [1.807, 2.05) is 36.4 Å². The van der Waals surface area contributed by atoms with Crippen molar-refractivity contribution in [3.8, 4) is 11.5 Å². The smallest absolute Gasteiger partial charge is 0.220 e. The van der Waals surface area contributed by atoms with E-state index in [9.17, 15) is 4.79 Å². The molecule has 1 aliphatic rings. The van der Waals surface area contributed by atoms with Crippen LogP contribution in [-0.2, 0) is 17.0 Å². The van der Waals surface area contributed by atoms with Crippen molar-refractivity contribution in [2.24, 2.45) is 0 Å². The first-order chi connectivity index (χ1) is 12.7. The van der Waals surface area contributed by atoms with Crippen LogP contribution in [0.25, 0.3) is 0 Å². The minimum Gasteiger partial charge on any atom is -0.486 e. The maximum absolute atomic E-state index is 12.0. The van der Waals surface area contributed by atoms with Gasteiger partial charge in [-0.2, -0.15) is 11.8 Å². The Bertz CT molecular complexity index is 754. The number of ether oxygens (including phenoxy) is 2. The minimum absolute atomic E-state index is 0.0724. The number of carbonyl (C=O) groups excluding carboxylic acids is 1. The summed E-state index contributed by atoms with van der Waals surface area (Å²) in [6.45, 7) is 1.83. The Balaban J connectivity index is 1.32. The van der Waals surface area contributed by atoms with E-state index in [-0.39, 0.29) is 5.91 Å². The number of fused-ring (bicyclic) bond motifs is 1. The monoisotopic (exact) mass is 391 g/mol. The van der Waals surface area contributed by atoms with E-state index >= 15 is 0 Å². The van der Waals surface area contributed by atoms with Gasteiger partial charge in [0, 0.05) is 29.5 Å². The molecule has 0 saturated carbocycles. The molecule has 1 heterocycles. The Morgan fingerprint density at radius 1 is 1.08 bits per heavy atom. The fraction of sp³-hybridized carbons (Fsp3) is 0.350. The van der Waals surface area contributed by atoms with Gasteiger partial charge in [-0.3, -0.25) is 4.79 Å². The van der Waals surface area contributed by atoms with Crippen molar-refractivity contribution in [2.75, 3.05) is 25.5 Å². The Morgan fingerprint density at radius 2 is 1.92 bits per heavy atom. The molecule has 2 aromatic carbocycles. The van der Waals surface area contributed by atoms with Gasteiger partial charge in [-0.1, -0.05) is 29.8 Å². The van der Waals surface area contributed by atoms with Crippen molar-refractivity contribution >= 4 is 29.3 Å².